The van der Waals surface area contributed by atoms with E-state index in [4.69, 9.17) is 10.5 Å². The number of nitrogens with zero attached hydrogens (tertiary/aromatic N) is 1. The first-order chi connectivity index (χ1) is 10.2. The number of aromatic nitrogens is 1. The molecule has 1 amide bonds. The van der Waals surface area contributed by atoms with Gasteiger partial charge in [-0.25, -0.2) is 4.98 Å². The van der Waals surface area contributed by atoms with Gasteiger partial charge in [0.15, 0.2) is 0 Å². The minimum Gasteiger partial charge on any atom is -0.494 e. The lowest BCUT2D eigenvalue weighted by Gasteiger charge is -2.06. The minimum absolute atomic E-state index is 0. The highest BCUT2D eigenvalue weighted by molar-refractivity contribution is 7.09. The lowest BCUT2D eigenvalue weighted by Crippen LogP contribution is -2.12. The first-order valence-corrected chi connectivity index (χ1v) is 7.79. The van der Waals surface area contributed by atoms with Crippen molar-refractivity contribution in [2.75, 3.05) is 18.5 Å². The molecule has 0 spiro atoms. The predicted octanol–water partition coefficient (Wildman–Crippen LogP) is 3.11. The number of ether oxygens (including phenoxy) is 1. The summed E-state index contributed by atoms with van der Waals surface area (Å²) < 4.78 is 5.49. The third-order valence-electron chi connectivity index (χ3n) is 2.73. The van der Waals surface area contributed by atoms with Gasteiger partial charge in [-0.15, -0.1) is 23.7 Å². The number of thiazole rings is 1. The third kappa shape index (κ3) is 5.29. The maximum absolute atomic E-state index is 12.1. The highest BCUT2D eigenvalue weighted by atomic mass is 35.5. The largest absolute Gasteiger partial charge is 0.494 e. The number of benzene rings is 1. The topological polar surface area (TPSA) is 77.2 Å². The zero-order chi connectivity index (χ0) is 15.1. The average molecular weight is 342 g/mol. The number of hydrogen-bond donors (Lipinski definition) is 2. The van der Waals surface area contributed by atoms with Gasteiger partial charge in [0, 0.05) is 17.5 Å². The molecule has 120 valence electrons. The van der Waals surface area contributed by atoms with Gasteiger partial charge < -0.3 is 15.8 Å². The molecule has 1 aromatic heterocycles. The van der Waals surface area contributed by atoms with E-state index < -0.39 is 0 Å². The van der Waals surface area contributed by atoms with Gasteiger partial charge in [-0.05, 0) is 37.2 Å². The number of carbonyl (C=O) groups is 1. The molecule has 2 rings (SSSR count). The number of rotatable bonds is 7. The summed E-state index contributed by atoms with van der Waals surface area (Å²) in [7, 11) is 0. The lowest BCUT2D eigenvalue weighted by molar-refractivity contribution is 0.102. The van der Waals surface area contributed by atoms with E-state index in [9.17, 15) is 4.79 Å². The third-order valence-corrected chi connectivity index (χ3v) is 3.64. The average Bonchev–Trinajstić information content (AvgIpc) is 2.96. The summed E-state index contributed by atoms with van der Waals surface area (Å²) in [6.45, 7) is 3.28. The smallest absolute Gasteiger partial charge is 0.275 e. The van der Waals surface area contributed by atoms with Crippen LogP contribution >= 0.6 is 23.7 Å². The van der Waals surface area contributed by atoms with Gasteiger partial charge in [-0.1, -0.05) is 6.92 Å². The highest BCUT2D eigenvalue weighted by Gasteiger charge is 2.10. The fraction of sp³-hybridized carbons (Fsp3) is 0.333. The summed E-state index contributed by atoms with van der Waals surface area (Å²) in [6.07, 6.45) is 1.66. The number of nitrogens with two attached hydrogens (primary N) is 1. The van der Waals surface area contributed by atoms with Crippen molar-refractivity contribution < 1.29 is 9.53 Å². The van der Waals surface area contributed by atoms with Crippen molar-refractivity contribution in [1.82, 2.24) is 4.98 Å². The molecule has 1 aromatic carbocycles. The van der Waals surface area contributed by atoms with Gasteiger partial charge in [-0.2, -0.15) is 0 Å². The highest BCUT2D eigenvalue weighted by Crippen LogP contribution is 2.17. The van der Waals surface area contributed by atoms with E-state index in [0.717, 1.165) is 22.9 Å². The second-order valence-corrected chi connectivity index (χ2v) is 5.43. The Kier molecular flexibility index (Phi) is 7.87. The molecule has 0 fully saturated rings. The number of carbonyl (C=O) groups excluding carboxylic acids is 1. The Bertz CT molecular complexity index is 587. The SMILES string of the molecule is CCCOc1ccc(NC(=O)c2csc(CCN)n2)cc1.Cl. The van der Waals surface area contributed by atoms with Crippen molar-refractivity contribution in [3.05, 3.63) is 40.3 Å². The monoisotopic (exact) mass is 341 g/mol. The van der Waals surface area contributed by atoms with E-state index in [-0.39, 0.29) is 18.3 Å². The number of halogens is 1. The van der Waals surface area contributed by atoms with Crippen LogP contribution in [-0.2, 0) is 6.42 Å². The summed E-state index contributed by atoms with van der Waals surface area (Å²) >= 11 is 1.45. The molecule has 1 heterocycles. The quantitative estimate of drug-likeness (QED) is 0.811. The van der Waals surface area contributed by atoms with E-state index in [1.807, 2.05) is 24.3 Å². The molecule has 0 saturated carbocycles. The van der Waals surface area contributed by atoms with Gasteiger partial charge in [0.2, 0.25) is 0 Å². The predicted molar refractivity (Wildman–Crippen MR) is 92.3 cm³/mol. The maximum atomic E-state index is 12.1. The molecule has 0 bridgehead atoms. The summed E-state index contributed by atoms with van der Waals surface area (Å²) in [4.78, 5) is 16.3. The molecule has 0 saturated heterocycles. The van der Waals surface area contributed by atoms with E-state index in [0.29, 0.717) is 25.3 Å². The Labute approximate surface area is 140 Å². The lowest BCUT2D eigenvalue weighted by atomic mass is 10.3. The molecule has 3 N–H and O–H groups in total. The van der Waals surface area contributed by atoms with Crippen LogP contribution in [0.15, 0.2) is 29.6 Å². The van der Waals surface area contributed by atoms with Crippen LogP contribution in [0, 0.1) is 0 Å². The van der Waals surface area contributed by atoms with Crippen LogP contribution in [0.2, 0.25) is 0 Å². The molecule has 0 aliphatic carbocycles. The first kappa shape index (κ1) is 18.4. The molecule has 7 heteroatoms. The summed E-state index contributed by atoms with van der Waals surface area (Å²) in [5.74, 6) is 0.588. The Morgan fingerprint density at radius 1 is 1.36 bits per heavy atom. The fourth-order valence-electron chi connectivity index (χ4n) is 1.70. The summed E-state index contributed by atoms with van der Waals surface area (Å²) in [5, 5.41) is 5.44. The number of hydrogen-bond acceptors (Lipinski definition) is 5. The van der Waals surface area contributed by atoms with Gasteiger partial charge in [0.1, 0.15) is 11.4 Å². The molecule has 2 aromatic rings. The van der Waals surface area contributed by atoms with Crippen LogP contribution in [0.3, 0.4) is 0 Å². The first-order valence-electron chi connectivity index (χ1n) is 6.91. The van der Waals surface area contributed by atoms with Crippen molar-refractivity contribution in [1.29, 1.82) is 0 Å². The Morgan fingerprint density at radius 3 is 2.73 bits per heavy atom. The van der Waals surface area contributed by atoms with Crippen LogP contribution in [-0.4, -0.2) is 24.0 Å². The van der Waals surface area contributed by atoms with Crippen LogP contribution in [0.1, 0.15) is 28.8 Å². The van der Waals surface area contributed by atoms with Crippen molar-refractivity contribution in [2.24, 2.45) is 5.73 Å². The summed E-state index contributed by atoms with van der Waals surface area (Å²) in [5.41, 5.74) is 6.62. The van der Waals surface area contributed by atoms with E-state index in [1.54, 1.807) is 5.38 Å². The molecule has 0 unspecified atom stereocenters. The second kappa shape index (κ2) is 9.40. The van der Waals surface area contributed by atoms with E-state index >= 15 is 0 Å². The Morgan fingerprint density at radius 2 is 2.09 bits per heavy atom. The zero-order valence-corrected chi connectivity index (χ0v) is 14.0. The van der Waals surface area contributed by atoms with Crippen molar-refractivity contribution in [2.45, 2.75) is 19.8 Å². The van der Waals surface area contributed by atoms with Gasteiger partial charge in [0.25, 0.3) is 5.91 Å². The standard InChI is InChI=1S/C15H19N3O2S.ClH/c1-2-9-20-12-5-3-11(4-6-12)17-15(19)13-10-21-14(18-13)7-8-16;/h3-6,10H,2,7-9,16H2,1H3,(H,17,19);1H. The molecule has 0 aliphatic rings. The van der Waals surface area contributed by atoms with Crippen LogP contribution in [0.4, 0.5) is 5.69 Å². The number of anilines is 1. The van der Waals surface area contributed by atoms with Crippen LogP contribution in [0.5, 0.6) is 5.75 Å². The maximum Gasteiger partial charge on any atom is 0.275 e. The normalized spacial score (nSPS) is 9.91. The van der Waals surface area contributed by atoms with Crippen molar-refractivity contribution >= 4 is 35.3 Å². The molecular weight excluding hydrogens is 322 g/mol. The van der Waals surface area contributed by atoms with Gasteiger partial charge >= 0.3 is 0 Å². The van der Waals surface area contributed by atoms with Gasteiger partial charge in [-0.3, -0.25) is 4.79 Å². The Balaban J connectivity index is 0.00000242. The van der Waals surface area contributed by atoms with Gasteiger partial charge in [0.05, 0.1) is 11.6 Å². The second-order valence-electron chi connectivity index (χ2n) is 4.49. The molecular formula is C15H20ClN3O2S. The number of nitrogens with one attached hydrogen (secondary N) is 1. The van der Waals surface area contributed by atoms with E-state index in [1.165, 1.54) is 11.3 Å². The molecule has 0 atom stereocenters. The summed E-state index contributed by atoms with van der Waals surface area (Å²) in [6, 6.07) is 7.31. The van der Waals surface area contributed by atoms with Crippen molar-refractivity contribution in [3.8, 4) is 5.75 Å². The molecule has 0 radical (unpaired) electrons. The molecule has 0 aliphatic heterocycles. The minimum atomic E-state index is -0.211. The number of amides is 1. The zero-order valence-electron chi connectivity index (χ0n) is 12.4. The molecule has 22 heavy (non-hydrogen) atoms. The Hall–Kier alpha value is -1.63. The van der Waals surface area contributed by atoms with Crippen molar-refractivity contribution in [3.63, 3.8) is 0 Å². The fourth-order valence-corrected chi connectivity index (χ4v) is 2.50. The van der Waals surface area contributed by atoms with Crippen LogP contribution in [0.25, 0.3) is 0 Å². The van der Waals surface area contributed by atoms with E-state index in [2.05, 4.69) is 17.2 Å². The van der Waals surface area contributed by atoms with Crippen LogP contribution < -0.4 is 15.8 Å². The molecule has 5 nitrogen and oxygen atoms in total.